The maximum Gasteiger partial charge on any atom is 0.303 e. The van der Waals surface area contributed by atoms with Crippen LogP contribution in [0.3, 0.4) is 0 Å². The first-order valence-electron chi connectivity index (χ1n) is 10.7. The summed E-state index contributed by atoms with van der Waals surface area (Å²) in [5.41, 5.74) is 2.63. The van der Waals surface area contributed by atoms with Crippen molar-refractivity contribution in [3.8, 4) is 0 Å². The maximum atomic E-state index is 11.2. The number of carboxylic acid groups (broad SMARTS) is 1. The van der Waals surface area contributed by atoms with Crippen LogP contribution in [0.5, 0.6) is 0 Å². The Bertz CT molecular complexity index is 755. The summed E-state index contributed by atoms with van der Waals surface area (Å²) < 4.78 is 0. The summed E-state index contributed by atoms with van der Waals surface area (Å²) in [6.45, 7) is 7.53. The minimum atomic E-state index is -0.648. The first kappa shape index (κ1) is 17.3. The Labute approximate surface area is 161 Å². The topological polar surface area (TPSA) is 69.6 Å². The molecule has 0 amide bonds. The highest BCUT2D eigenvalue weighted by molar-refractivity contribution is 5.67. The molecule has 6 nitrogen and oxygen atoms in total. The van der Waals surface area contributed by atoms with Crippen molar-refractivity contribution >= 4 is 17.7 Å². The Morgan fingerprint density at radius 1 is 1.19 bits per heavy atom. The van der Waals surface area contributed by atoms with Gasteiger partial charge >= 0.3 is 5.97 Å². The van der Waals surface area contributed by atoms with Gasteiger partial charge in [0.05, 0.1) is 5.69 Å². The number of aromatic nitrogens is 2. The van der Waals surface area contributed by atoms with Crippen molar-refractivity contribution in [3.05, 3.63) is 11.3 Å². The molecule has 4 heterocycles. The highest BCUT2D eigenvalue weighted by atomic mass is 16.4. The zero-order valence-corrected chi connectivity index (χ0v) is 16.4. The van der Waals surface area contributed by atoms with Crippen LogP contribution in [-0.2, 0) is 11.2 Å². The van der Waals surface area contributed by atoms with Crippen molar-refractivity contribution in [2.24, 2.45) is 17.8 Å². The van der Waals surface area contributed by atoms with E-state index in [0.717, 1.165) is 37.8 Å². The van der Waals surface area contributed by atoms with Crippen LogP contribution in [0, 0.1) is 17.8 Å². The van der Waals surface area contributed by atoms with E-state index in [-0.39, 0.29) is 0 Å². The number of fused-ring (bicyclic) bond motifs is 3. The van der Waals surface area contributed by atoms with Crippen LogP contribution < -0.4 is 9.80 Å². The lowest BCUT2D eigenvalue weighted by molar-refractivity contribution is -0.141. The number of anilines is 2. The minimum absolute atomic E-state index is 0.332. The fourth-order valence-electron chi connectivity index (χ4n) is 5.75. The van der Waals surface area contributed by atoms with E-state index >= 15 is 0 Å². The average molecular weight is 370 g/mol. The van der Waals surface area contributed by atoms with E-state index in [0.29, 0.717) is 36.1 Å². The molecular weight excluding hydrogens is 340 g/mol. The molecule has 2 aliphatic carbocycles. The van der Waals surface area contributed by atoms with Gasteiger partial charge in [-0.3, -0.25) is 4.79 Å². The van der Waals surface area contributed by atoms with Crippen LogP contribution in [-0.4, -0.2) is 46.7 Å². The lowest BCUT2D eigenvalue weighted by atomic mass is 9.60. The van der Waals surface area contributed by atoms with Crippen LogP contribution in [0.2, 0.25) is 0 Å². The van der Waals surface area contributed by atoms with Gasteiger partial charge in [-0.25, -0.2) is 4.98 Å². The van der Waals surface area contributed by atoms with Crippen molar-refractivity contribution in [3.63, 3.8) is 0 Å². The van der Waals surface area contributed by atoms with Crippen LogP contribution in [0.15, 0.2) is 0 Å². The molecule has 2 bridgehead atoms. The second-order valence-electron chi connectivity index (χ2n) is 9.26. The molecule has 0 spiro atoms. The number of carboxylic acids is 1. The van der Waals surface area contributed by atoms with Crippen LogP contribution in [0.1, 0.15) is 63.1 Å². The molecule has 0 radical (unpaired) electrons. The Hall–Kier alpha value is -1.85. The van der Waals surface area contributed by atoms with Crippen LogP contribution >= 0.6 is 0 Å². The molecule has 1 aromatic heterocycles. The number of hydrogen-bond acceptors (Lipinski definition) is 5. The van der Waals surface area contributed by atoms with E-state index in [2.05, 4.69) is 23.6 Å². The molecule has 1 N–H and O–H groups in total. The third-order valence-corrected chi connectivity index (χ3v) is 7.55. The second kappa shape index (κ2) is 6.35. The molecule has 1 unspecified atom stereocenters. The number of nitrogens with zero attached hydrogens (tertiary/aromatic N) is 4. The molecule has 27 heavy (non-hydrogen) atoms. The standard InChI is InChI=1S/C21H30N4O2/c1-12-4-3-5-16-19(12)22-21(25-7-6-13(25)2)23-20(16)24-10-14-8-15(11-24)17(14)9-18(26)27/h12-15,17H,3-11H2,1-2H3,(H,26,27)/t12-,13-,14-,15+,17?/m0/s1. The van der Waals surface area contributed by atoms with Gasteiger partial charge in [0.25, 0.3) is 0 Å². The zero-order chi connectivity index (χ0) is 18.7. The Balaban J connectivity index is 1.46. The maximum absolute atomic E-state index is 11.2. The zero-order valence-electron chi connectivity index (χ0n) is 16.4. The molecule has 4 fully saturated rings. The highest BCUT2D eigenvalue weighted by Crippen LogP contribution is 2.49. The lowest BCUT2D eigenvalue weighted by Crippen LogP contribution is -2.56. The molecule has 0 aromatic carbocycles. The molecule has 1 aromatic rings. The fourth-order valence-corrected chi connectivity index (χ4v) is 5.75. The van der Waals surface area contributed by atoms with Gasteiger partial charge in [0, 0.05) is 37.7 Å². The molecule has 3 aliphatic heterocycles. The first-order valence-corrected chi connectivity index (χ1v) is 10.7. The van der Waals surface area contributed by atoms with Gasteiger partial charge in [0.2, 0.25) is 5.95 Å². The normalized spacial score (nSPS) is 34.5. The van der Waals surface area contributed by atoms with Crippen LogP contribution in [0.4, 0.5) is 11.8 Å². The predicted molar refractivity (Wildman–Crippen MR) is 104 cm³/mol. The third-order valence-electron chi connectivity index (χ3n) is 7.55. The second-order valence-corrected chi connectivity index (χ2v) is 9.26. The largest absolute Gasteiger partial charge is 0.481 e. The number of hydrogen-bond donors (Lipinski definition) is 1. The predicted octanol–water partition coefficient (Wildman–Crippen LogP) is 3.06. The average Bonchev–Trinajstić information content (AvgIpc) is 2.65. The molecular formula is C21H30N4O2. The number of carbonyl (C=O) groups is 1. The van der Waals surface area contributed by atoms with E-state index in [9.17, 15) is 9.90 Å². The minimum Gasteiger partial charge on any atom is -0.481 e. The van der Waals surface area contributed by atoms with Crippen molar-refractivity contribution in [2.45, 2.75) is 64.3 Å². The van der Waals surface area contributed by atoms with E-state index in [1.807, 2.05) is 0 Å². The first-order chi connectivity index (χ1) is 13.0. The number of piperidine rings is 2. The molecule has 5 aliphatic rings. The molecule has 5 atom stereocenters. The van der Waals surface area contributed by atoms with Crippen molar-refractivity contribution in [1.29, 1.82) is 0 Å². The molecule has 3 saturated heterocycles. The number of rotatable bonds is 4. The highest BCUT2D eigenvalue weighted by Gasteiger charge is 2.48. The van der Waals surface area contributed by atoms with Gasteiger partial charge in [-0.2, -0.15) is 4.98 Å². The molecule has 6 rings (SSSR count). The van der Waals surface area contributed by atoms with E-state index in [1.54, 1.807) is 0 Å². The van der Waals surface area contributed by atoms with Gasteiger partial charge in [0.15, 0.2) is 0 Å². The van der Waals surface area contributed by atoms with Gasteiger partial charge in [-0.15, -0.1) is 0 Å². The Morgan fingerprint density at radius 2 is 1.96 bits per heavy atom. The van der Waals surface area contributed by atoms with Crippen molar-refractivity contribution in [1.82, 2.24) is 9.97 Å². The summed E-state index contributed by atoms with van der Waals surface area (Å²) in [5, 5.41) is 9.19. The quantitative estimate of drug-likeness (QED) is 0.878. The van der Waals surface area contributed by atoms with Crippen LogP contribution in [0.25, 0.3) is 0 Å². The SMILES string of the molecule is C[C@H]1CCCc2c1nc(N1CC[C@@H]1C)nc2N1C[C@H]2C[C@@H](C1)C2CC(=O)O. The summed E-state index contributed by atoms with van der Waals surface area (Å²) in [7, 11) is 0. The van der Waals surface area contributed by atoms with Crippen molar-refractivity contribution < 1.29 is 9.90 Å². The molecule has 6 heteroatoms. The molecule has 1 saturated carbocycles. The fraction of sp³-hybridized carbons (Fsp3) is 0.762. The van der Waals surface area contributed by atoms with E-state index < -0.39 is 5.97 Å². The summed E-state index contributed by atoms with van der Waals surface area (Å²) in [4.78, 5) is 26.1. The lowest BCUT2D eigenvalue weighted by Gasteiger charge is -2.54. The number of aliphatic carboxylic acids is 1. The summed E-state index contributed by atoms with van der Waals surface area (Å²) in [6, 6.07) is 0.532. The summed E-state index contributed by atoms with van der Waals surface area (Å²) in [5.74, 6) is 3.32. The smallest absolute Gasteiger partial charge is 0.303 e. The third kappa shape index (κ3) is 2.79. The van der Waals surface area contributed by atoms with Crippen molar-refractivity contribution in [2.75, 3.05) is 29.4 Å². The Morgan fingerprint density at radius 3 is 2.59 bits per heavy atom. The van der Waals surface area contributed by atoms with Gasteiger partial charge in [-0.05, 0) is 62.7 Å². The molecule has 146 valence electrons. The summed E-state index contributed by atoms with van der Waals surface area (Å²) in [6.07, 6.45) is 6.24. The summed E-state index contributed by atoms with van der Waals surface area (Å²) >= 11 is 0. The van der Waals surface area contributed by atoms with E-state index in [4.69, 9.17) is 9.97 Å². The van der Waals surface area contributed by atoms with Gasteiger partial charge < -0.3 is 14.9 Å². The monoisotopic (exact) mass is 370 g/mol. The Kier molecular flexibility index (Phi) is 4.06. The van der Waals surface area contributed by atoms with E-state index in [1.165, 1.54) is 36.9 Å². The van der Waals surface area contributed by atoms with Gasteiger partial charge in [-0.1, -0.05) is 6.92 Å². The van der Waals surface area contributed by atoms with Gasteiger partial charge in [0.1, 0.15) is 5.82 Å².